The first-order chi connectivity index (χ1) is 7.88. The van der Waals surface area contributed by atoms with Gasteiger partial charge in [0.15, 0.2) is 0 Å². The van der Waals surface area contributed by atoms with Gasteiger partial charge in [-0.25, -0.2) is 4.98 Å². The average Bonchev–Trinajstić information content (AvgIpc) is 3.07. The second kappa shape index (κ2) is 3.49. The van der Waals surface area contributed by atoms with Gasteiger partial charge < -0.3 is 4.57 Å². The Bertz CT molecular complexity index is 541. The summed E-state index contributed by atoms with van der Waals surface area (Å²) < 4.78 is 2.22. The molecule has 0 atom stereocenters. The normalized spacial score (nSPS) is 14.7. The molecule has 0 saturated heterocycles. The number of benzene rings is 1. The lowest BCUT2D eigenvalue weighted by atomic mass is 10.1. The molecule has 2 aromatic rings. The summed E-state index contributed by atoms with van der Waals surface area (Å²) in [6, 6.07) is 10.4. The van der Waals surface area contributed by atoms with E-state index in [1.54, 1.807) is 0 Å². The standard InChI is InChI=1S/C13H11N3/c14-7-10-1-3-11(4-2-10)13-8-15-9-16(13)12-5-6-12/h1-4,8-9,12H,5-6H2. The summed E-state index contributed by atoms with van der Waals surface area (Å²) in [4.78, 5) is 4.20. The van der Waals surface area contributed by atoms with Gasteiger partial charge in [-0.15, -0.1) is 0 Å². The minimum atomic E-state index is 0.633. The third kappa shape index (κ3) is 1.49. The monoisotopic (exact) mass is 209 g/mol. The molecule has 0 amide bonds. The van der Waals surface area contributed by atoms with E-state index >= 15 is 0 Å². The lowest BCUT2D eigenvalue weighted by Crippen LogP contribution is -1.94. The number of nitrogens with zero attached hydrogens (tertiary/aromatic N) is 3. The summed E-state index contributed by atoms with van der Waals surface area (Å²) in [7, 11) is 0. The molecule has 0 spiro atoms. The molecular weight excluding hydrogens is 198 g/mol. The Labute approximate surface area is 94.0 Å². The van der Waals surface area contributed by atoms with E-state index in [1.807, 2.05) is 36.8 Å². The van der Waals surface area contributed by atoms with Gasteiger partial charge in [-0.3, -0.25) is 0 Å². The Kier molecular flexibility index (Phi) is 2.00. The Morgan fingerprint density at radius 3 is 2.62 bits per heavy atom. The number of imidazole rings is 1. The molecule has 0 unspecified atom stereocenters. The molecule has 78 valence electrons. The first-order valence-corrected chi connectivity index (χ1v) is 5.41. The summed E-state index contributed by atoms with van der Waals surface area (Å²) >= 11 is 0. The van der Waals surface area contributed by atoms with Crippen LogP contribution in [0.25, 0.3) is 11.3 Å². The van der Waals surface area contributed by atoms with Crippen molar-refractivity contribution in [3.05, 3.63) is 42.4 Å². The van der Waals surface area contributed by atoms with Gasteiger partial charge in [-0.1, -0.05) is 12.1 Å². The van der Waals surface area contributed by atoms with E-state index in [-0.39, 0.29) is 0 Å². The average molecular weight is 209 g/mol. The predicted octanol–water partition coefficient (Wildman–Crippen LogP) is 2.76. The zero-order chi connectivity index (χ0) is 11.0. The summed E-state index contributed by atoms with van der Waals surface area (Å²) in [5.41, 5.74) is 2.97. The summed E-state index contributed by atoms with van der Waals surface area (Å²) in [6.45, 7) is 0. The first-order valence-electron chi connectivity index (χ1n) is 5.41. The maximum Gasteiger partial charge on any atom is 0.0991 e. The van der Waals surface area contributed by atoms with E-state index in [1.165, 1.54) is 12.8 Å². The molecule has 3 nitrogen and oxygen atoms in total. The van der Waals surface area contributed by atoms with Crippen molar-refractivity contribution in [2.24, 2.45) is 0 Å². The molecule has 1 saturated carbocycles. The molecule has 0 bridgehead atoms. The molecule has 1 aliphatic rings. The Morgan fingerprint density at radius 1 is 1.25 bits per heavy atom. The van der Waals surface area contributed by atoms with Crippen LogP contribution in [0.3, 0.4) is 0 Å². The maximum atomic E-state index is 8.74. The van der Waals surface area contributed by atoms with Crippen LogP contribution >= 0.6 is 0 Å². The maximum absolute atomic E-state index is 8.74. The highest BCUT2D eigenvalue weighted by molar-refractivity contribution is 5.60. The minimum Gasteiger partial charge on any atom is -0.328 e. The van der Waals surface area contributed by atoms with Crippen LogP contribution in [-0.2, 0) is 0 Å². The SMILES string of the molecule is N#Cc1ccc(-c2cncn2C2CC2)cc1. The molecule has 16 heavy (non-hydrogen) atoms. The number of hydrogen-bond acceptors (Lipinski definition) is 2. The van der Waals surface area contributed by atoms with Crippen molar-refractivity contribution >= 4 is 0 Å². The summed E-state index contributed by atoms with van der Waals surface area (Å²) in [5, 5.41) is 8.74. The molecule has 1 heterocycles. The van der Waals surface area contributed by atoms with Gasteiger partial charge in [0.1, 0.15) is 0 Å². The van der Waals surface area contributed by atoms with Crippen LogP contribution < -0.4 is 0 Å². The highest BCUT2D eigenvalue weighted by Crippen LogP contribution is 2.38. The van der Waals surface area contributed by atoms with Crippen molar-refractivity contribution in [3.8, 4) is 17.3 Å². The Hall–Kier alpha value is -2.08. The fourth-order valence-corrected chi connectivity index (χ4v) is 1.89. The van der Waals surface area contributed by atoms with Gasteiger partial charge in [-0.05, 0) is 30.5 Å². The zero-order valence-corrected chi connectivity index (χ0v) is 8.80. The highest BCUT2D eigenvalue weighted by Gasteiger charge is 2.25. The van der Waals surface area contributed by atoms with Crippen LogP contribution in [0.4, 0.5) is 0 Å². The van der Waals surface area contributed by atoms with Crippen molar-refractivity contribution in [2.75, 3.05) is 0 Å². The van der Waals surface area contributed by atoms with E-state index in [4.69, 9.17) is 5.26 Å². The lowest BCUT2D eigenvalue weighted by Gasteiger charge is -2.06. The molecule has 0 N–H and O–H groups in total. The fraction of sp³-hybridized carbons (Fsp3) is 0.231. The van der Waals surface area contributed by atoms with E-state index in [2.05, 4.69) is 15.6 Å². The van der Waals surface area contributed by atoms with Gasteiger partial charge in [-0.2, -0.15) is 5.26 Å². The quantitative estimate of drug-likeness (QED) is 0.763. The lowest BCUT2D eigenvalue weighted by molar-refractivity contribution is 0.748. The minimum absolute atomic E-state index is 0.633. The van der Waals surface area contributed by atoms with E-state index in [9.17, 15) is 0 Å². The first kappa shape index (κ1) is 9.17. The second-order valence-corrected chi connectivity index (χ2v) is 4.11. The van der Waals surface area contributed by atoms with Crippen LogP contribution in [0, 0.1) is 11.3 Å². The smallest absolute Gasteiger partial charge is 0.0991 e. The van der Waals surface area contributed by atoms with Crippen molar-refractivity contribution < 1.29 is 0 Å². The van der Waals surface area contributed by atoms with Crippen LogP contribution in [0.2, 0.25) is 0 Å². The third-order valence-corrected chi connectivity index (χ3v) is 2.92. The molecular formula is C13H11N3. The van der Waals surface area contributed by atoms with E-state index in [0.29, 0.717) is 11.6 Å². The molecule has 3 heteroatoms. The van der Waals surface area contributed by atoms with Crippen LogP contribution in [0.5, 0.6) is 0 Å². The van der Waals surface area contributed by atoms with Gasteiger partial charge in [0.05, 0.1) is 29.9 Å². The number of hydrogen-bond donors (Lipinski definition) is 0. The summed E-state index contributed by atoms with van der Waals surface area (Å²) in [6.07, 6.45) is 6.28. The topological polar surface area (TPSA) is 41.6 Å². The van der Waals surface area contributed by atoms with E-state index < -0.39 is 0 Å². The number of rotatable bonds is 2. The Morgan fingerprint density at radius 2 is 2.00 bits per heavy atom. The molecule has 3 rings (SSSR count). The molecule has 1 aromatic heterocycles. The van der Waals surface area contributed by atoms with Crippen molar-refractivity contribution in [2.45, 2.75) is 18.9 Å². The van der Waals surface area contributed by atoms with E-state index in [0.717, 1.165) is 11.3 Å². The molecule has 1 aliphatic carbocycles. The predicted molar refractivity (Wildman–Crippen MR) is 60.6 cm³/mol. The number of aromatic nitrogens is 2. The second-order valence-electron chi connectivity index (χ2n) is 4.11. The van der Waals surface area contributed by atoms with Crippen molar-refractivity contribution in [3.63, 3.8) is 0 Å². The third-order valence-electron chi connectivity index (χ3n) is 2.92. The van der Waals surface area contributed by atoms with Crippen LogP contribution in [0.15, 0.2) is 36.8 Å². The summed E-state index contributed by atoms with van der Waals surface area (Å²) in [5.74, 6) is 0. The largest absolute Gasteiger partial charge is 0.328 e. The molecule has 0 radical (unpaired) electrons. The van der Waals surface area contributed by atoms with Gasteiger partial charge in [0.25, 0.3) is 0 Å². The zero-order valence-electron chi connectivity index (χ0n) is 8.80. The van der Waals surface area contributed by atoms with Gasteiger partial charge in [0.2, 0.25) is 0 Å². The highest BCUT2D eigenvalue weighted by atomic mass is 15.1. The van der Waals surface area contributed by atoms with Crippen LogP contribution in [-0.4, -0.2) is 9.55 Å². The van der Waals surface area contributed by atoms with Crippen LogP contribution in [0.1, 0.15) is 24.4 Å². The fourth-order valence-electron chi connectivity index (χ4n) is 1.89. The van der Waals surface area contributed by atoms with Crippen molar-refractivity contribution in [1.82, 2.24) is 9.55 Å². The van der Waals surface area contributed by atoms with Crippen molar-refractivity contribution in [1.29, 1.82) is 5.26 Å². The molecule has 0 aliphatic heterocycles. The number of nitriles is 1. The molecule has 1 aromatic carbocycles. The Balaban J connectivity index is 2.01. The van der Waals surface area contributed by atoms with Gasteiger partial charge in [0, 0.05) is 6.04 Å². The molecule has 1 fully saturated rings. The van der Waals surface area contributed by atoms with Gasteiger partial charge >= 0.3 is 0 Å².